The molecule has 8 nitrogen and oxygen atoms in total. The van der Waals surface area contributed by atoms with E-state index in [1.165, 1.54) is 0 Å². The summed E-state index contributed by atoms with van der Waals surface area (Å²) in [4.78, 5) is 12.7. The van der Waals surface area contributed by atoms with Crippen molar-refractivity contribution in [3.05, 3.63) is 48.0 Å². The maximum absolute atomic E-state index is 12.7. The summed E-state index contributed by atoms with van der Waals surface area (Å²) in [6.45, 7) is 4.01. The molecule has 0 aromatic heterocycles. The number of methoxy groups -OCH3 is 2. The lowest BCUT2D eigenvalue weighted by Crippen LogP contribution is -2.41. The number of hydrogen-bond acceptors (Lipinski definition) is 6. The summed E-state index contributed by atoms with van der Waals surface area (Å²) < 4.78 is 41.9. The molecule has 1 atom stereocenters. The lowest BCUT2D eigenvalue weighted by molar-refractivity contribution is -0.120. The van der Waals surface area contributed by atoms with Gasteiger partial charge in [0.05, 0.1) is 38.8 Å². The summed E-state index contributed by atoms with van der Waals surface area (Å²) in [6, 6.07) is 11.5. The van der Waals surface area contributed by atoms with E-state index >= 15 is 0 Å². The molecule has 0 bridgehead atoms. The van der Waals surface area contributed by atoms with Crippen molar-refractivity contribution in [2.24, 2.45) is 0 Å². The van der Waals surface area contributed by atoms with Gasteiger partial charge in [0.15, 0.2) is 0 Å². The Morgan fingerprint density at radius 3 is 2.26 bits per heavy atom. The first kappa shape index (κ1) is 24.3. The van der Waals surface area contributed by atoms with Gasteiger partial charge < -0.3 is 19.5 Å². The molecule has 0 aliphatic heterocycles. The third kappa shape index (κ3) is 6.78. The zero-order chi connectivity index (χ0) is 23.0. The highest BCUT2D eigenvalue weighted by molar-refractivity contribution is 7.92. The van der Waals surface area contributed by atoms with Crippen molar-refractivity contribution >= 4 is 21.6 Å². The second-order valence-corrected chi connectivity index (χ2v) is 8.92. The Morgan fingerprint density at radius 2 is 1.71 bits per heavy atom. The standard InChI is InChI=1S/C22H30N2O6S/c1-6-13-30-18-9-7-17(8-10-18)24(31(5,26)27)15-22(25)23-16(2)20-14-19(28-3)11-12-21(20)29-4/h7-12,14,16H,6,13,15H2,1-5H3,(H,23,25). The summed E-state index contributed by atoms with van der Waals surface area (Å²) in [6.07, 6.45) is 1.93. The van der Waals surface area contributed by atoms with Gasteiger partial charge in [0.25, 0.3) is 0 Å². The van der Waals surface area contributed by atoms with Gasteiger partial charge in [0.2, 0.25) is 15.9 Å². The lowest BCUT2D eigenvalue weighted by atomic mass is 10.1. The first-order valence-corrected chi connectivity index (χ1v) is 11.8. The Morgan fingerprint density at radius 1 is 1.06 bits per heavy atom. The molecule has 0 radical (unpaired) electrons. The molecule has 1 unspecified atom stereocenters. The Labute approximate surface area is 184 Å². The molecular formula is C22H30N2O6S. The summed E-state index contributed by atoms with van der Waals surface area (Å²) >= 11 is 0. The molecule has 31 heavy (non-hydrogen) atoms. The van der Waals surface area contributed by atoms with Crippen LogP contribution < -0.4 is 23.8 Å². The summed E-state index contributed by atoms with van der Waals surface area (Å²) in [5, 5.41) is 2.83. The first-order valence-electron chi connectivity index (χ1n) is 9.91. The van der Waals surface area contributed by atoms with E-state index in [1.807, 2.05) is 6.92 Å². The molecule has 0 aliphatic carbocycles. The lowest BCUT2D eigenvalue weighted by Gasteiger charge is -2.24. The quantitative estimate of drug-likeness (QED) is 0.565. The molecule has 0 saturated carbocycles. The van der Waals surface area contributed by atoms with Crippen LogP contribution in [0.15, 0.2) is 42.5 Å². The molecule has 1 amide bonds. The van der Waals surface area contributed by atoms with Crippen LogP contribution in [0.1, 0.15) is 31.9 Å². The van der Waals surface area contributed by atoms with Gasteiger partial charge in [-0.25, -0.2) is 8.42 Å². The fraction of sp³-hybridized carbons (Fsp3) is 0.409. The number of carbonyl (C=O) groups is 1. The minimum absolute atomic E-state index is 0.357. The van der Waals surface area contributed by atoms with E-state index in [0.29, 0.717) is 29.5 Å². The molecule has 170 valence electrons. The number of rotatable bonds is 11. The number of ether oxygens (including phenoxy) is 3. The predicted octanol–water partition coefficient (Wildman–Crippen LogP) is 3.14. The van der Waals surface area contributed by atoms with Crippen molar-refractivity contribution in [3.8, 4) is 17.2 Å². The van der Waals surface area contributed by atoms with Crippen molar-refractivity contribution < 1.29 is 27.4 Å². The molecule has 0 aliphatic rings. The molecule has 2 aromatic carbocycles. The largest absolute Gasteiger partial charge is 0.497 e. The third-order valence-corrected chi connectivity index (χ3v) is 5.71. The highest BCUT2D eigenvalue weighted by Crippen LogP contribution is 2.29. The van der Waals surface area contributed by atoms with Gasteiger partial charge in [-0.1, -0.05) is 6.92 Å². The van der Waals surface area contributed by atoms with Gasteiger partial charge in [-0.05, 0) is 55.8 Å². The molecule has 1 N–H and O–H groups in total. The fourth-order valence-electron chi connectivity index (χ4n) is 3.00. The predicted molar refractivity (Wildman–Crippen MR) is 121 cm³/mol. The van der Waals surface area contributed by atoms with Gasteiger partial charge in [0.1, 0.15) is 23.8 Å². The molecule has 9 heteroatoms. The van der Waals surface area contributed by atoms with Crippen molar-refractivity contribution in [2.75, 3.05) is 37.9 Å². The van der Waals surface area contributed by atoms with E-state index < -0.39 is 22.0 Å². The maximum atomic E-state index is 12.7. The average molecular weight is 451 g/mol. The normalized spacial score (nSPS) is 12.0. The van der Waals surface area contributed by atoms with Crippen molar-refractivity contribution in [2.45, 2.75) is 26.3 Å². The van der Waals surface area contributed by atoms with Gasteiger partial charge in [-0.15, -0.1) is 0 Å². The second kappa shape index (κ2) is 10.9. The van der Waals surface area contributed by atoms with Crippen LogP contribution in [0.3, 0.4) is 0 Å². The third-order valence-electron chi connectivity index (χ3n) is 4.57. The van der Waals surface area contributed by atoms with Gasteiger partial charge in [0, 0.05) is 5.56 Å². The summed E-state index contributed by atoms with van der Waals surface area (Å²) in [5.74, 6) is 1.41. The first-order chi connectivity index (χ1) is 14.7. The second-order valence-electron chi connectivity index (χ2n) is 7.01. The number of benzene rings is 2. The Hall–Kier alpha value is -2.94. The summed E-state index contributed by atoms with van der Waals surface area (Å²) in [5.41, 5.74) is 1.10. The maximum Gasteiger partial charge on any atom is 0.241 e. The van der Waals surface area contributed by atoms with E-state index in [1.54, 1.807) is 63.6 Å². The Balaban J connectivity index is 2.16. The van der Waals surface area contributed by atoms with Crippen LogP contribution in [0.4, 0.5) is 5.69 Å². The number of amides is 1. The fourth-order valence-corrected chi connectivity index (χ4v) is 3.86. The SMILES string of the molecule is CCCOc1ccc(N(CC(=O)NC(C)c2cc(OC)ccc2OC)S(C)(=O)=O)cc1. The molecular weight excluding hydrogens is 420 g/mol. The van der Waals surface area contributed by atoms with Crippen LogP contribution >= 0.6 is 0 Å². The van der Waals surface area contributed by atoms with E-state index in [2.05, 4.69) is 5.32 Å². The molecule has 2 aromatic rings. The van der Waals surface area contributed by atoms with Crippen LogP contribution in [0.25, 0.3) is 0 Å². The van der Waals surface area contributed by atoms with E-state index in [4.69, 9.17) is 14.2 Å². The minimum atomic E-state index is -3.68. The molecule has 0 saturated heterocycles. The van der Waals surface area contributed by atoms with Crippen molar-refractivity contribution in [3.63, 3.8) is 0 Å². The highest BCUT2D eigenvalue weighted by Gasteiger charge is 2.23. The zero-order valence-corrected chi connectivity index (χ0v) is 19.4. The molecule has 0 heterocycles. The van der Waals surface area contributed by atoms with E-state index in [9.17, 15) is 13.2 Å². The number of anilines is 1. The Kier molecular flexibility index (Phi) is 8.56. The smallest absolute Gasteiger partial charge is 0.241 e. The minimum Gasteiger partial charge on any atom is -0.497 e. The molecule has 0 fully saturated rings. The number of carbonyl (C=O) groups excluding carboxylic acids is 1. The van der Waals surface area contributed by atoms with Gasteiger partial charge >= 0.3 is 0 Å². The van der Waals surface area contributed by atoms with Crippen LogP contribution in [0.5, 0.6) is 17.2 Å². The van der Waals surface area contributed by atoms with Gasteiger partial charge in [-0.2, -0.15) is 0 Å². The van der Waals surface area contributed by atoms with Crippen LogP contribution in [0, 0.1) is 0 Å². The topological polar surface area (TPSA) is 94.2 Å². The number of sulfonamides is 1. The van der Waals surface area contributed by atoms with Crippen molar-refractivity contribution in [1.29, 1.82) is 0 Å². The van der Waals surface area contributed by atoms with Crippen molar-refractivity contribution in [1.82, 2.24) is 5.32 Å². The zero-order valence-electron chi connectivity index (χ0n) is 18.5. The van der Waals surface area contributed by atoms with Crippen LogP contribution in [-0.2, 0) is 14.8 Å². The molecule has 2 rings (SSSR count). The molecule has 0 spiro atoms. The average Bonchev–Trinajstić information content (AvgIpc) is 2.75. The van der Waals surface area contributed by atoms with E-state index in [-0.39, 0.29) is 6.54 Å². The summed E-state index contributed by atoms with van der Waals surface area (Å²) in [7, 11) is -0.586. The van der Waals surface area contributed by atoms with Gasteiger partial charge in [-0.3, -0.25) is 9.10 Å². The van der Waals surface area contributed by atoms with E-state index in [0.717, 1.165) is 22.5 Å². The van der Waals surface area contributed by atoms with Crippen LogP contribution in [0.2, 0.25) is 0 Å². The Bertz CT molecular complexity index is 976. The number of nitrogens with one attached hydrogen (secondary N) is 1. The number of nitrogens with zero attached hydrogens (tertiary/aromatic N) is 1. The van der Waals surface area contributed by atoms with Crippen LogP contribution in [-0.4, -0.2) is 48.0 Å². The monoisotopic (exact) mass is 450 g/mol. The highest BCUT2D eigenvalue weighted by atomic mass is 32.2. The number of hydrogen-bond donors (Lipinski definition) is 1.